The summed E-state index contributed by atoms with van der Waals surface area (Å²) in [6.45, 7) is 1.57. The van der Waals surface area contributed by atoms with Gasteiger partial charge in [0.2, 0.25) is 5.91 Å². The normalized spacial score (nSPS) is 19.6. The molecule has 3 rings (SSSR count). The number of hydrogen-bond acceptors (Lipinski definition) is 3. The monoisotopic (exact) mass is 382 g/mol. The molecule has 0 saturated heterocycles. The molecule has 134 valence electrons. The Morgan fingerprint density at radius 3 is 2.00 bits per heavy atom. The number of carbonyl (C=O) groups excluding carboxylic acids is 3. The first kappa shape index (κ1) is 18.2. The quantitative estimate of drug-likeness (QED) is 0.638. The molecular weight excluding hydrogens is 363 g/mol. The summed E-state index contributed by atoms with van der Waals surface area (Å²) < 4.78 is 0. The van der Waals surface area contributed by atoms with Crippen LogP contribution in [0, 0.1) is 0 Å². The third-order valence-corrected chi connectivity index (χ3v) is 5.65. The van der Waals surface area contributed by atoms with Gasteiger partial charge in [-0.25, -0.2) is 0 Å². The van der Waals surface area contributed by atoms with Crippen molar-refractivity contribution < 1.29 is 14.4 Å². The van der Waals surface area contributed by atoms with Crippen LogP contribution in [0.3, 0.4) is 0 Å². The van der Waals surface area contributed by atoms with Gasteiger partial charge in [-0.1, -0.05) is 48.9 Å². The fraction of sp³-hybridized carbons (Fsp3) is 0.500. The molecule has 3 amide bonds. The minimum atomic E-state index is -0.881. The summed E-state index contributed by atoms with van der Waals surface area (Å²) in [5.74, 6) is -1.33. The molecule has 1 atom stereocenters. The number of imide groups is 1. The van der Waals surface area contributed by atoms with E-state index in [2.05, 4.69) is 5.32 Å². The third kappa shape index (κ3) is 3.53. The molecule has 0 spiro atoms. The van der Waals surface area contributed by atoms with Crippen molar-refractivity contribution >= 4 is 40.9 Å². The van der Waals surface area contributed by atoms with Crippen molar-refractivity contribution in [3.63, 3.8) is 0 Å². The Kier molecular flexibility index (Phi) is 5.35. The molecule has 0 bridgehead atoms. The van der Waals surface area contributed by atoms with Gasteiger partial charge in [0.25, 0.3) is 11.8 Å². The van der Waals surface area contributed by atoms with Crippen LogP contribution in [0.5, 0.6) is 0 Å². The van der Waals surface area contributed by atoms with Crippen LogP contribution in [0.2, 0.25) is 10.0 Å². The summed E-state index contributed by atoms with van der Waals surface area (Å²) in [4.78, 5) is 38.7. The van der Waals surface area contributed by atoms with E-state index in [1.165, 1.54) is 25.0 Å². The molecule has 0 unspecified atom stereocenters. The van der Waals surface area contributed by atoms with E-state index in [-0.39, 0.29) is 33.1 Å². The van der Waals surface area contributed by atoms with E-state index < -0.39 is 17.9 Å². The maximum Gasteiger partial charge on any atom is 0.262 e. The molecule has 1 saturated carbocycles. The zero-order valence-corrected chi connectivity index (χ0v) is 15.5. The summed E-state index contributed by atoms with van der Waals surface area (Å²) in [7, 11) is 0. The van der Waals surface area contributed by atoms with Crippen LogP contribution in [0.4, 0.5) is 0 Å². The van der Waals surface area contributed by atoms with Crippen LogP contribution in [-0.4, -0.2) is 34.7 Å². The lowest BCUT2D eigenvalue weighted by molar-refractivity contribution is -0.125. The average Bonchev–Trinajstić information content (AvgIpc) is 2.77. The van der Waals surface area contributed by atoms with Gasteiger partial charge < -0.3 is 5.32 Å². The van der Waals surface area contributed by atoms with Crippen molar-refractivity contribution in [3.8, 4) is 0 Å². The first-order valence-electron chi connectivity index (χ1n) is 8.57. The highest BCUT2D eigenvalue weighted by molar-refractivity contribution is 6.43. The lowest BCUT2D eigenvalue weighted by Gasteiger charge is -2.24. The fourth-order valence-electron chi connectivity index (χ4n) is 3.47. The van der Waals surface area contributed by atoms with Gasteiger partial charge in [0.15, 0.2) is 0 Å². The van der Waals surface area contributed by atoms with Crippen LogP contribution in [0.1, 0.15) is 66.2 Å². The van der Waals surface area contributed by atoms with Crippen LogP contribution >= 0.6 is 23.2 Å². The second-order valence-electron chi connectivity index (χ2n) is 6.67. The van der Waals surface area contributed by atoms with Gasteiger partial charge in [0, 0.05) is 6.04 Å². The molecule has 1 fully saturated rings. The molecular formula is C18H20Cl2N2O3. The predicted molar refractivity (Wildman–Crippen MR) is 96.1 cm³/mol. The van der Waals surface area contributed by atoms with E-state index in [0.29, 0.717) is 0 Å². The van der Waals surface area contributed by atoms with Crippen LogP contribution in [0.15, 0.2) is 12.1 Å². The van der Waals surface area contributed by atoms with Crippen LogP contribution < -0.4 is 5.32 Å². The molecule has 0 aromatic heterocycles. The van der Waals surface area contributed by atoms with E-state index in [1.807, 2.05) is 0 Å². The number of fused-ring (bicyclic) bond motifs is 1. The minimum absolute atomic E-state index is 0.108. The van der Waals surface area contributed by atoms with Gasteiger partial charge in [0.1, 0.15) is 6.04 Å². The highest BCUT2D eigenvalue weighted by Crippen LogP contribution is 2.32. The van der Waals surface area contributed by atoms with Gasteiger partial charge in [0.05, 0.1) is 21.2 Å². The van der Waals surface area contributed by atoms with E-state index in [9.17, 15) is 14.4 Å². The molecule has 1 aliphatic heterocycles. The van der Waals surface area contributed by atoms with Crippen molar-refractivity contribution in [2.24, 2.45) is 0 Å². The minimum Gasteiger partial charge on any atom is -0.352 e. The second kappa shape index (κ2) is 7.34. The zero-order chi connectivity index (χ0) is 18.1. The smallest absolute Gasteiger partial charge is 0.262 e. The standard InChI is InChI=1S/C18H20Cl2N2O3/c1-10(16(23)21-11-6-4-2-3-5-7-11)22-17(24)12-8-14(19)15(20)9-13(12)18(22)25/h8-11H,2-7H2,1H3,(H,21,23)/t10-/m0/s1. The Morgan fingerprint density at radius 2 is 1.52 bits per heavy atom. The van der Waals surface area contributed by atoms with Gasteiger partial charge in [-0.2, -0.15) is 0 Å². The van der Waals surface area contributed by atoms with Gasteiger partial charge in [-0.15, -0.1) is 0 Å². The number of benzene rings is 1. The molecule has 5 nitrogen and oxygen atoms in total. The molecule has 2 aliphatic rings. The molecule has 1 heterocycles. The van der Waals surface area contributed by atoms with Crippen molar-refractivity contribution in [1.29, 1.82) is 0 Å². The maximum absolute atomic E-state index is 12.6. The number of halogens is 2. The number of nitrogens with one attached hydrogen (secondary N) is 1. The summed E-state index contributed by atoms with van der Waals surface area (Å²) in [6, 6.07) is 2.00. The lowest BCUT2D eigenvalue weighted by Crippen LogP contribution is -2.50. The summed E-state index contributed by atoms with van der Waals surface area (Å²) in [6.07, 6.45) is 6.41. The summed E-state index contributed by atoms with van der Waals surface area (Å²) in [5, 5.41) is 3.40. The maximum atomic E-state index is 12.6. The molecule has 7 heteroatoms. The van der Waals surface area contributed by atoms with E-state index in [4.69, 9.17) is 23.2 Å². The number of rotatable bonds is 3. The van der Waals surface area contributed by atoms with Crippen molar-refractivity contribution in [2.45, 2.75) is 57.5 Å². The molecule has 1 aromatic carbocycles. The third-order valence-electron chi connectivity index (χ3n) is 4.93. The fourth-order valence-corrected chi connectivity index (χ4v) is 3.79. The van der Waals surface area contributed by atoms with Crippen molar-refractivity contribution in [2.75, 3.05) is 0 Å². The number of nitrogens with zero attached hydrogens (tertiary/aromatic N) is 1. The topological polar surface area (TPSA) is 66.5 Å². The number of hydrogen-bond donors (Lipinski definition) is 1. The number of carbonyl (C=O) groups is 3. The lowest BCUT2D eigenvalue weighted by atomic mass is 10.1. The van der Waals surface area contributed by atoms with Crippen LogP contribution in [0.25, 0.3) is 0 Å². The molecule has 1 N–H and O–H groups in total. The van der Waals surface area contributed by atoms with E-state index in [0.717, 1.165) is 30.6 Å². The Bertz CT molecular complexity index is 686. The Labute approximate surface area is 156 Å². The number of amides is 3. The van der Waals surface area contributed by atoms with Gasteiger partial charge in [-0.3, -0.25) is 19.3 Å². The van der Waals surface area contributed by atoms with Crippen molar-refractivity contribution in [1.82, 2.24) is 10.2 Å². The first-order valence-corrected chi connectivity index (χ1v) is 9.33. The summed E-state index contributed by atoms with van der Waals surface area (Å²) >= 11 is 11.9. The largest absolute Gasteiger partial charge is 0.352 e. The Balaban J connectivity index is 1.76. The first-order chi connectivity index (χ1) is 11.9. The Hall–Kier alpha value is -1.59. The summed E-state index contributed by atoms with van der Waals surface area (Å²) in [5.41, 5.74) is 0.377. The predicted octanol–water partition coefficient (Wildman–Crippen LogP) is 3.82. The highest BCUT2D eigenvalue weighted by Gasteiger charge is 2.41. The van der Waals surface area contributed by atoms with Gasteiger partial charge >= 0.3 is 0 Å². The molecule has 1 aromatic rings. The molecule has 0 radical (unpaired) electrons. The molecule has 25 heavy (non-hydrogen) atoms. The van der Waals surface area contributed by atoms with Gasteiger partial charge in [-0.05, 0) is 31.9 Å². The van der Waals surface area contributed by atoms with E-state index >= 15 is 0 Å². The zero-order valence-electron chi connectivity index (χ0n) is 14.0. The molecule has 1 aliphatic carbocycles. The second-order valence-corrected chi connectivity index (χ2v) is 7.48. The average molecular weight is 383 g/mol. The SMILES string of the molecule is C[C@@H](C(=O)NC1CCCCCC1)N1C(=O)c2cc(Cl)c(Cl)cc2C1=O. The van der Waals surface area contributed by atoms with Crippen LogP contribution in [-0.2, 0) is 4.79 Å². The van der Waals surface area contributed by atoms with E-state index in [1.54, 1.807) is 6.92 Å². The Morgan fingerprint density at radius 1 is 1.04 bits per heavy atom. The van der Waals surface area contributed by atoms with Crippen molar-refractivity contribution in [3.05, 3.63) is 33.3 Å². The highest BCUT2D eigenvalue weighted by atomic mass is 35.5.